The molecule has 0 bridgehead atoms. The Hall–Kier alpha value is -1.36. The molecule has 15 heavy (non-hydrogen) atoms. The Morgan fingerprint density at radius 3 is 2.67 bits per heavy atom. The molecule has 5 heteroatoms. The van der Waals surface area contributed by atoms with Gasteiger partial charge in [-0.3, -0.25) is 5.41 Å². The molecule has 0 radical (unpaired) electrons. The highest BCUT2D eigenvalue weighted by molar-refractivity contribution is 9.18. The summed E-state index contributed by atoms with van der Waals surface area (Å²) in [4.78, 5) is 11.2. The Morgan fingerprint density at radius 2 is 2.20 bits per heavy atom. The molecule has 0 aromatic heterocycles. The Morgan fingerprint density at radius 1 is 1.53 bits per heavy atom. The van der Waals surface area contributed by atoms with Crippen molar-refractivity contribution in [3.8, 4) is 0 Å². The zero-order valence-electron chi connectivity index (χ0n) is 8.43. The Balaban J connectivity index is 3.19. The monoisotopic (exact) mass is 270 g/mol. The van der Waals surface area contributed by atoms with Crippen molar-refractivity contribution >= 4 is 32.2 Å². The number of carbonyl (C=O) groups excluding carboxylic acids is 1. The van der Waals surface area contributed by atoms with Gasteiger partial charge >= 0.3 is 5.97 Å². The van der Waals surface area contributed by atoms with Gasteiger partial charge in [-0.1, -0.05) is 0 Å². The summed E-state index contributed by atoms with van der Waals surface area (Å²) in [5.74, 6) is -0.390. The third-order valence-corrected chi connectivity index (χ3v) is 2.37. The van der Waals surface area contributed by atoms with E-state index in [0.29, 0.717) is 16.8 Å². The second-order valence-electron chi connectivity index (χ2n) is 2.82. The van der Waals surface area contributed by atoms with E-state index < -0.39 is 0 Å². The summed E-state index contributed by atoms with van der Waals surface area (Å²) in [6, 6.07) is 4.96. The minimum absolute atomic E-state index is 0.267. The third-order valence-electron chi connectivity index (χ3n) is 1.95. The molecule has 0 amide bonds. The molecule has 0 aliphatic carbocycles. The normalized spacial score (nSPS) is 9.53. The van der Waals surface area contributed by atoms with Crippen molar-refractivity contribution < 1.29 is 9.53 Å². The quantitative estimate of drug-likeness (QED) is 0.654. The van der Waals surface area contributed by atoms with Gasteiger partial charge in [-0.15, -0.1) is 0 Å². The maximum absolute atomic E-state index is 11.2. The van der Waals surface area contributed by atoms with E-state index in [1.165, 1.54) is 7.11 Å². The third kappa shape index (κ3) is 2.56. The Bertz CT molecular complexity index is 404. The van der Waals surface area contributed by atoms with Crippen LogP contribution in [0.3, 0.4) is 0 Å². The number of nitrogens with one attached hydrogen (secondary N) is 2. The molecule has 0 saturated carbocycles. The fraction of sp³-hybridized carbons (Fsp3) is 0.200. The van der Waals surface area contributed by atoms with E-state index in [2.05, 4.69) is 26.0 Å². The summed E-state index contributed by atoms with van der Waals surface area (Å²) in [7, 11) is 3.07. The number of anilines is 1. The number of carbonyl (C=O) groups is 1. The smallest absolute Gasteiger partial charge is 0.337 e. The minimum Gasteiger partial charge on any atom is -0.465 e. The van der Waals surface area contributed by atoms with Gasteiger partial charge in [0, 0.05) is 18.3 Å². The van der Waals surface area contributed by atoms with E-state index in [9.17, 15) is 4.79 Å². The molecule has 0 spiro atoms. The lowest BCUT2D eigenvalue weighted by atomic mass is 10.1. The van der Waals surface area contributed by atoms with Crippen LogP contribution in [-0.2, 0) is 4.74 Å². The molecule has 0 unspecified atom stereocenters. The first-order valence-corrected chi connectivity index (χ1v) is 5.04. The second kappa shape index (κ2) is 4.93. The van der Waals surface area contributed by atoms with Crippen LogP contribution in [0.1, 0.15) is 15.9 Å². The van der Waals surface area contributed by atoms with Crippen LogP contribution in [0.2, 0.25) is 0 Å². The number of esters is 1. The van der Waals surface area contributed by atoms with Crippen molar-refractivity contribution in [1.82, 2.24) is 0 Å². The molecule has 0 aliphatic heterocycles. The van der Waals surface area contributed by atoms with Crippen LogP contribution in [0.5, 0.6) is 0 Å². The van der Waals surface area contributed by atoms with Gasteiger partial charge < -0.3 is 10.1 Å². The van der Waals surface area contributed by atoms with Crippen LogP contribution in [0.4, 0.5) is 5.69 Å². The molecular weight excluding hydrogens is 260 g/mol. The fourth-order valence-corrected chi connectivity index (χ4v) is 1.53. The number of methoxy groups -OCH3 is 1. The second-order valence-corrected chi connectivity index (χ2v) is 3.61. The molecule has 0 atom stereocenters. The number of hydrogen-bond donors (Lipinski definition) is 2. The van der Waals surface area contributed by atoms with Gasteiger partial charge in [0.15, 0.2) is 0 Å². The van der Waals surface area contributed by atoms with Gasteiger partial charge in [-0.05, 0) is 34.1 Å². The summed E-state index contributed by atoms with van der Waals surface area (Å²) >= 11 is 3.08. The molecule has 1 rings (SSSR count). The lowest BCUT2D eigenvalue weighted by molar-refractivity contribution is 0.0601. The predicted octanol–water partition coefficient (Wildman–Crippen LogP) is 2.24. The predicted molar refractivity (Wildman–Crippen MR) is 63.1 cm³/mol. The summed E-state index contributed by atoms with van der Waals surface area (Å²) in [6.07, 6.45) is 0. The van der Waals surface area contributed by atoms with Crippen LogP contribution >= 0.6 is 15.9 Å². The van der Waals surface area contributed by atoms with Gasteiger partial charge in [-0.2, -0.15) is 0 Å². The van der Waals surface area contributed by atoms with Gasteiger partial charge in [-0.25, -0.2) is 4.79 Å². The Labute approximate surface area is 96.3 Å². The zero-order valence-corrected chi connectivity index (χ0v) is 10.0. The molecule has 0 fully saturated rings. The fourth-order valence-electron chi connectivity index (χ4n) is 1.19. The first kappa shape index (κ1) is 11.7. The SMILES string of the molecule is CNc1cc(C(=O)OC)ccc1C(=N)Br. The first-order valence-electron chi connectivity index (χ1n) is 4.24. The standard InChI is InChI=1S/C10H11BrN2O2/c1-13-8-5-6(10(14)15-2)3-4-7(8)9(11)12/h3-5,12-13H,1-2H3. The maximum atomic E-state index is 11.2. The van der Waals surface area contributed by atoms with Gasteiger partial charge in [0.05, 0.1) is 12.7 Å². The van der Waals surface area contributed by atoms with Gasteiger partial charge in [0.2, 0.25) is 0 Å². The lowest BCUT2D eigenvalue weighted by Crippen LogP contribution is -2.05. The van der Waals surface area contributed by atoms with Crippen molar-refractivity contribution in [2.24, 2.45) is 0 Å². The largest absolute Gasteiger partial charge is 0.465 e. The lowest BCUT2D eigenvalue weighted by Gasteiger charge is -2.08. The summed E-state index contributed by atoms with van der Waals surface area (Å²) in [5.41, 5.74) is 1.87. The molecule has 1 aromatic rings. The summed E-state index contributed by atoms with van der Waals surface area (Å²) < 4.78 is 4.87. The summed E-state index contributed by atoms with van der Waals surface area (Å²) in [5, 5.41) is 10.4. The molecule has 0 heterocycles. The van der Waals surface area contributed by atoms with Gasteiger partial charge in [0.1, 0.15) is 4.62 Å². The average molecular weight is 271 g/mol. The number of benzene rings is 1. The molecule has 0 saturated heterocycles. The van der Waals surface area contributed by atoms with Crippen LogP contribution in [0.15, 0.2) is 18.2 Å². The van der Waals surface area contributed by atoms with Crippen molar-refractivity contribution in [3.63, 3.8) is 0 Å². The van der Waals surface area contributed by atoms with Crippen LogP contribution < -0.4 is 5.32 Å². The van der Waals surface area contributed by atoms with Crippen molar-refractivity contribution in [3.05, 3.63) is 29.3 Å². The topological polar surface area (TPSA) is 62.2 Å². The summed E-state index contributed by atoms with van der Waals surface area (Å²) in [6.45, 7) is 0. The van der Waals surface area contributed by atoms with Crippen molar-refractivity contribution in [2.45, 2.75) is 0 Å². The van der Waals surface area contributed by atoms with Gasteiger partial charge in [0.25, 0.3) is 0 Å². The first-order chi connectivity index (χ1) is 7.10. The number of halogens is 1. The average Bonchev–Trinajstić information content (AvgIpc) is 2.26. The van der Waals surface area contributed by atoms with E-state index in [1.807, 2.05) is 0 Å². The van der Waals surface area contributed by atoms with E-state index in [-0.39, 0.29) is 10.6 Å². The number of rotatable bonds is 3. The van der Waals surface area contributed by atoms with E-state index >= 15 is 0 Å². The number of hydrogen-bond acceptors (Lipinski definition) is 4. The van der Waals surface area contributed by atoms with Crippen molar-refractivity contribution in [2.75, 3.05) is 19.5 Å². The van der Waals surface area contributed by atoms with Crippen molar-refractivity contribution in [1.29, 1.82) is 5.41 Å². The van der Waals surface area contributed by atoms with E-state index in [0.717, 1.165) is 0 Å². The molecule has 4 nitrogen and oxygen atoms in total. The van der Waals surface area contributed by atoms with E-state index in [4.69, 9.17) is 5.41 Å². The number of ether oxygens (including phenoxy) is 1. The molecule has 0 aliphatic rings. The highest BCUT2D eigenvalue weighted by atomic mass is 79.9. The highest BCUT2D eigenvalue weighted by Gasteiger charge is 2.10. The molecular formula is C10H11BrN2O2. The zero-order chi connectivity index (χ0) is 11.4. The van der Waals surface area contributed by atoms with Crippen LogP contribution in [0, 0.1) is 5.41 Å². The molecule has 1 aromatic carbocycles. The Kier molecular flexibility index (Phi) is 3.85. The van der Waals surface area contributed by atoms with Crippen LogP contribution in [-0.4, -0.2) is 24.7 Å². The maximum Gasteiger partial charge on any atom is 0.337 e. The molecule has 80 valence electrons. The molecule has 2 N–H and O–H groups in total. The van der Waals surface area contributed by atoms with E-state index in [1.54, 1.807) is 25.2 Å². The minimum atomic E-state index is -0.390. The highest BCUT2D eigenvalue weighted by Crippen LogP contribution is 2.20. The van der Waals surface area contributed by atoms with Crippen LogP contribution in [0.25, 0.3) is 0 Å².